The summed E-state index contributed by atoms with van der Waals surface area (Å²) in [6.45, 7) is 0. The molecule has 1 saturated carbocycles. The molecule has 1 spiro atoms. The third-order valence-corrected chi connectivity index (χ3v) is 5.98. The van der Waals surface area contributed by atoms with E-state index in [2.05, 4.69) is 29.2 Å². The molecule has 2 aliphatic rings. The van der Waals surface area contributed by atoms with Crippen LogP contribution in [-0.4, -0.2) is 16.2 Å². The molecule has 2 aromatic carbocycles. The van der Waals surface area contributed by atoms with Crippen molar-refractivity contribution in [3.8, 4) is 0 Å². The summed E-state index contributed by atoms with van der Waals surface area (Å²) in [6.07, 6.45) is 7.75. The fourth-order valence-electron chi connectivity index (χ4n) is 4.37. The number of nitrogens with zero attached hydrogens (tertiary/aromatic N) is 2. The topological polar surface area (TPSA) is 25.2 Å². The van der Waals surface area contributed by atoms with Crippen molar-refractivity contribution in [3.63, 3.8) is 0 Å². The first-order valence-corrected chi connectivity index (χ1v) is 9.35. The summed E-state index contributed by atoms with van der Waals surface area (Å²) in [5, 5.41) is 2.02. The number of hydrogen-bond donors (Lipinski definition) is 0. The van der Waals surface area contributed by atoms with Gasteiger partial charge in [-0.25, -0.2) is 0 Å². The molecular weight excluding hydrogens is 328 g/mol. The second-order valence-corrected chi connectivity index (χ2v) is 7.66. The van der Waals surface area contributed by atoms with Gasteiger partial charge in [-0.05, 0) is 43.0 Å². The largest absolute Gasteiger partial charge is 0.277 e. The number of hydrogen-bond acceptors (Lipinski definition) is 2. The molecule has 5 rings (SSSR count). The lowest BCUT2D eigenvalue weighted by Gasteiger charge is -2.32. The Kier molecular flexibility index (Phi) is 3.42. The maximum Gasteiger partial charge on any atom is 0.0744 e. The van der Waals surface area contributed by atoms with Gasteiger partial charge in [0.1, 0.15) is 0 Å². The minimum Gasteiger partial charge on any atom is -0.277 e. The minimum absolute atomic E-state index is 0.0268. The number of aliphatic imine (C=N–C) groups is 1. The van der Waals surface area contributed by atoms with Crippen LogP contribution < -0.4 is 0 Å². The van der Waals surface area contributed by atoms with Gasteiger partial charge in [0.15, 0.2) is 0 Å². The summed E-state index contributed by atoms with van der Waals surface area (Å²) in [5.74, 6) is 0. The summed E-state index contributed by atoms with van der Waals surface area (Å²) in [5.41, 5.74) is 5.62. The highest BCUT2D eigenvalue weighted by Crippen LogP contribution is 2.42. The van der Waals surface area contributed by atoms with Gasteiger partial charge in [-0.3, -0.25) is 9.98 Å². The number of benzene rings is 2. The first-order valence-electron chi connectivity index (χ1n) is 8.97. The van der Waals surface area contributed by atoms with Crippen molar-refractivity contribution in [2.75, 3.05) is 0 Å². The van der Waals surface area contributed by atoms with Crippen LogP contribution in [0, 0.1) is 0 Å². The molecule has 2 nitrogen and oxygen atoms in total. The molecule has 3 heteroatoms. The fraction of sp³-hybridized carbons (Fsp3) is 0.273. The van der Waals surface area contributed by atoms with E-state index in [-0.39, 0.29) is 5.54 Å². The molecular formula is C22H19ClN2. The Labute approximate surface area is 152 Å². The van der Waals surface area contributed by atoms with E-state index in [1.54, 1.807) is 0 Å². The lowest BCUT2D eigenvalue weighted by Crippen LogP contribution is -2.33. The molecule has 1 aromatic heterocycles. The highest BCUT2D eigenvalue weighted by Gasteiger charge is 2.38. The Bertz CT molecular complexity index is 1000. The number of rotatable bonds is 1. The number of halogens is 1. The van der Waals surface area contributed by atoms with E-state index in [9.17, 15) is 0 Å². The second kappa shape index (κ2) is 5.67. The Morgan fingerprint density at radius 3 is 2.68 bits per heavy atom. The first kappa shape index (κ1) is 15.1. The smallest absolute Gasteiger partial charge is 0.0744 e. The van der Waals surface area contributed by atoms with Gasteiger partial charge in [-0.2, -0.15) is 0 Å². The van der Waals surface area contributed by atoms with Crippen molar-refractivity contribution in [2.24, 2.45) is 4.99 Å². The lowest BCUT2D eigenvalue weighted by atomic mass is 9.82. The van der Waals surface area contributed by atoms with Crippen LogP contribution in [0.25, 0.3) is 10.9 Å². The van der Waals surface area contributed by atoms with Gasteiger partial charge in [0, 0.05) is 27.7 Å². The molecule has 1 fully saturated rings. The zero-order valence-electron chi connectivity index (χ0n) is 14.0. The Morgan fingerprint density at radius 2 is 1.80 bits per heavy atom. The van der Waals surface area contributed by atoms with Crippen molar-refractivity contribution in [2.45, 2.75) is 37.6 Å². The van der Waals surface area contributed by atoms with Gasteiger partial charge in [0.05, 0.1) is 16.8 Å². The van der Waals surface area contributed by atoms with E-state index in [1.165, 1.54) is 24.0 Å². The van der Waals surface area contributed by atoms with E-state index >= 15 is 0 Å². The van der Waals surface area contributed by atoms with Gasteiger partial charge in [-0.1, -0.05) is 54.8 Å². The van der Waals surface area contributed by atoms with Crippen LogP contribution in [0.1, 0.15) is 42.4 Å². The zero-order chi connectivity index (χ0) is 16.9. The monoisotopic (exact) mass is 346 g/mol. The maximum atomic E-state index is 6.58. The van der Waals surface area contributed by atoms with Gasteiger partial charge in [0.2, 0.25) is 0 Å². The second-order valence-electron chi connectivity index (χ2n) is 7.25. The molecule has 0 radical (unpaired) electrons. The third-order valence-electron chi connectivity index (χ3n) is 5.63. The highest BCUT2D eigenvalue weighted by atomic mass is 35.5. The standard InChI is InChI=1S/C22H19ClN2/c23-19-8-5-7-17-18(19)13-22(10-3-4-11-22)25-21(17)16-12-15-6-1-2-9-20(15)24-14-16/h1-2,5-9,12,14H,3-4,10-11,13H2. The van der Waals surface area contributed by atoms with Crippen LogP contribution in [0.4, 0.5) is 0 Å². The first-order chi connectivity index (χ1) is 12.2. The average molecular weight is 347 g/mol. The van der Waals surface area contributed by atoms with Crippen molar-refractivity contribution < 1.29 is 0 Å². The average Bonchev–Trinajstić information content (AvgIpc) is 3.09. The summed E-state index contributed by atoms with van der Waals surface area (Å²) < 4.78 is 0. The lowest BCUT2D eigenvalue weighted by molar-refractivity contribution is 0.435. The molecule has 1 aliphatic heterocycles. The Hall–Kier alpha value is -2.19. The number of para-hydroxylation sites is 1. The van der Waals surface area contributed by atoms with Gasteiger partial charge in [-0.15, -0.1) is 0 Å². The quantitative estimate of drug-likeness (QED) is 0.563. The highest BCUT2D eigenvalue weighted by molar-refractivity contribution is 6.32. The summed E-state index contributed by atoms with van der Waals surface area (Å²) in [6, 6.07) is 16.6. The van der Waals surface area contributed by atoms with E-state index in [0.717, 1.165) is 46.5 Å². The molecule has 0 atom stereocenters. The molecule has 0 bridgehead atoms. The van der Waals surface area contributed by atoms with E-state index in [0.29, 0.717) is 0 Å². The molecule has 124 valence electrons. The molecule has 25 heavy (non-hydrogen) atoms. The number of fused-ring (bicyclic) bond motifs is 2. The number of aromatic nitrogens is 1. The maximum absolute atomic E-state index is 6.58. The Balaban J connectivity index is 1.73. The van der Waals surface area contributed by atoms with E-state index in [4.69, 9.17) is 16.6 Å². The SMILES string of the molecule is Clc1cccc2c1CC1(CCCC1)N=C2c1cnc2ccccc2c1. The predicted octanol–water partition coefficient (Wildman–Crippen LogP) is 5.59. The van der Waals surface area contributed by atoms with E-state index in [1.807, 2.05) is 30.5 Å². The van der Waals surface area contributed by atoms with Gasteiger partial charge in [0.25, 0.3) is 0 Å². The summed E-state index contributed by atoms with van der Waals surface area (Å²) in [4.78, 5) is 9.94. The van der Waals surface area contributed by atoms with Crippen molar-refractivity contribution in [1.29, 1.82) is 0 Å². The normalized spacial score (nSPS) is 18.4. The molecule has 0 N–H and O–H groups in total. The van der Waals surface area contributed by atoms with Crippen LogP contribution in [0.3, 0.4) is 0 Å². The van der Waals surface area contributed by atoms with Crippen LogP contribution in [0.5, 0.6) is 0 Å². The number of pyridine rings is 1. The summed E-state index contributed by atoms with van der Waals surface area (Å²) in [7, 11) is 0. The van der Waals surface area contributed by atoms with Crippen LogP contribution in [0.2, 0.25) is 5.02 Å². The zero-order valence-corrected chi connectivity index (χ0v) is 14.8. The molecule has 0 unspecified atom stereocenters. The summed E-state index contributed by atoms with van der Waals surface area (Å²) >= 11 is 6.58. The van der Waals surface area contributed by atoms with Crippen molar-refractivity contribution in [3.05, 3.63) is 76.4 Å². The van der Waals surface area contributed by atoms with Crippen LogP contribution in [0.15, 0.2) is 59.7 Å². The van der Waals surface area contributed by atoms with E-state index < -0.39 is 0 Å². The van der Waals surface area contributed by atoms with Crippen LogP contribution in [-0.2, 0) is 6.42 Å². The minimum atomic E-state index is 0.0268. The van der Waals surface area contributed by atoms with Crippen molar-refractivity contribution >= 4 is 28.2 Å². The molecule has 1 aliphatic carbocycles. The third kappa shape index (κ3) is 2.47. The fourth-order valence-corrected chi connectivity index (χ4v) is 4.61. The van der Waals surface area contributed by atoms with Crippen LogP contribution >= 0.6 is 11.6 Å². The molecule has 2 heterocycles. The Morgan fingerprint density at radius 1 is 0.960 bits per heavy atom. The molecule has 0 amide bonds. The van der Waals surface area contributed by atoms with Crippen molar-refractivity contribution in [1.82, 2.24) is 4.98 Å². The predicted molar refractivity (Wildman–Crippen MR) is 104 cm³/mol. The molecule has 0 saturated heterocycles. The van der Waals surface area contributed by atoms with Gasteiger partial charge >= 0.3 is 0 Å². The molecule has 3 aromatic rings. The van der Waals surface area contributed by atoms with Gasteiger partial charge < -0.3 is 0 Å².